The molecular formula is C11H7O3-. The number of hydrogen-bond acceptors (Lipinski definition) is 2. The first kappa shape index (κ1) is 8.56. The molecule has 0 unspecified atom stereocenters. The summed E-state index contributed by atoms with van der Waals surface area (Å²) in [4.78, 5) is 10.7. The minimum atomic E-state index is -0.983. The third-order valence-corrected chi connectivity index (χ3v) is 2.09. The summed E-state index contributed by atoms with van der Waals surface area (Å²) < 4.78 is 0. The van der Waals surface area contributed by atoms with E-state index in [1.54, 1.807) is 18.2 Å². The fourth-order valence-corrected chi connectivity index (χ4v) is 1.39. The Kier molecular flexibility index (Phi) is 1.85. The van der Waals surface area contributed by atoms with Crippen LogP contribution in [0.3, 0.4) is 0 Å². The van der Waals surface area contributed by atoms with Crippen LogP contribution < -0.4 is 5.11 Å². The van der Waals surface area contributed by atoms with Crippen molar-refractivity contribution in [1.82, 2.24) is 0 Å². The van der Waals surface area contributed by atoms with Gasteiger partial charge in [-0.05, 0) is 22.9 Å². The van der Waals surface area contributed by atoms with Gasteiger partial charge in [-0.3, -0.25) is 0 Å². The van der Waals surface area contributed by atoms with Crippen LogP contribution in [0.4, 0.5) is 0 Å². The fourth-order valence-electron chi connectivity index (χ4n) is 1.39. The summed E-state index contributed by atoms with van der Waals surface area (Å²) in [5, 5.41) is 21.3. The molecule has 0 atom stereocenters. The van der Waals surface area contributed by atoms with Crippen LogP contribution in [-0.2, 0) is 0 Å². The number of carbonyl (C=O) groups is 1. The van der Waals surface area contributed by atoms with Crippen LogP contribution in [0.2, 0.25) is 0 Å². The van der Waals surface area contributed by atoms with Gasteiger partial charge in [0.15, 0.2) is 0 Å². The molecule has 2 aromatic rings. The Morgan fingerprint density at radius 2 is 2.00 bits per heavy atom. The third-order valence-electron chi connectivity index (χ3n) is 2.09. The highest BCUT2D eigenvalue weighted by Crippen LogP contribution is 2.22. The van der Waals surface area contributed by atoms with Crippen molar-refractivity contribution in [2.75, 3.05) is 0 Å². The standard InChI is InChI=1S/C11H8O3/c12-10-3-1-2-7-6-8(11(13)14)4-5-9(7)10/h1-6,12H,(H,13,14)/p-1. The Labute approximate surface area is 80.2 Å². The monoisotopic (exact) mass is 187 g/mol. The number of fused-ring (bicyclic) bond motifs is 1. The molecule has 0 radical (unpaired) electrons. The van der Waals surface area contributed by atoms with Gasteiger partial charge in [0.2, 0.25) is 0 Å². The molecule has 0 fully saturated rings. The zero-order valence-electron chi connectivity index (χ0n) is 7.23. The molecular weight excluding hydrogens is 180 g/mol. The molecule has 1 N–H and O–H groups in total. The van der Waals surface area contributed by atoms with Crippen LogP contribution in [0.15, 0.2) is 36.4 Å². The highest BCUT2D eigenvalue weighted by Gasteiger charge is 2.02. The van der Waals surface area contributed by atoms with Gasteiger partial charge in [0.05, 0.1) is 5.56 Å². The van der Waals surface area contributed by atoms with Crippen molar-refractivity contribution < 1.29 is 15.0 Å². The number of carboxylic acid groups (broad SMARTS) is 1. The molecule has 0 aliphatic carbocycles. The highest BCUT2D eigenvalue weighted by molar-refractivity contribution is 5.96. The van der Waals surface area contributed by atoms with Crippen molar-refractivity contribution in [3.8, 4) is 5.75 Å². The van der Waals surface area contributed by atoms with E-state index >= 15 is 0 Å². The van der Waals surface area contributed by atoms with Gasteiger partial charge >= 0.3 is 5.97 Å². The number of aromatic carboxylic acids is 1. The lowest BCUT2D eigenvalue weighted by atomic mass is 10.1. The number of carboxylic acids is 1. The van der Waals surface area contributed by atoms with E-state index < -0.39 is 5.97 Å². The Hall–Kier alpha value is -2.03. The molecule has 3 nitrogen and oxygen atoms in total. The van der Waals surface area contributed by atoms with Gasteiger partial charge in [0, 0.05) is 0 Å². The summed E-state index contributed by atoms with van der Waals surface area (Å²) in [7, 11) is 0. The van der Waals surface area contributed by atoms with Crippen molar-refractivity contribution in [1.29, 1.82) is 0 Å². The Morgan fingerprint density at radius 1 is 1.21 bits per heavy atom. The van der Waals surface area contributed by atoms with Gasteiger partial charge in [0.25, 0.3) is 0 Å². The quantitative estimate of drug-likeness (QED) is 0.737. The molecule has 14 heavy (non-hydrogen) atoms. The SMILES string of the molecule is O=C(O)c1ccc2c([O-])cccc2c1. The Balaban J connectivity index is 2.73. The van der Waals surface area contributed by atoms with Crippen LogP contribution in [0.1, 0.15) is 10.4 Å². The molecule has 0 spiro atoms. The molecule has 0 aliphatic heterocycles. The number of benzene rings is 2. The predicted octanol–water partition coefficient (Wildman–Crippen LogP) is 1.61. The second-order valence-corrected chi connectivity index (χ2v) is 3.00. The van der Waals surface area contributed by atoms with Gasteiger partial charge in [-0.15, -0.1) is 5.75 Å². The lowest BCUT2D eigenvalue weighted by molar-refractivity contribution is -0.265. The summed E-state index contributed by atoms with van der Waals surface area (Å²) in [5.74, 6) is -1.07. The maximum absolute atomic E-state index is 11.3. The van der Waals surface area contributed by atoms with E-state index in [9.17, 15) is 9.90 Å². The summed E-state index contributed by atoms with van der Waals surface area (Å²) in [6, 6.07) is 9.29. The topological polar surface area (TPSA) is 60.4 Å². The summed E-state index contributed by atoms with van der Waals surface area (Å²) >= 11 is 0. The van der Waals surface area contributed by atoms with Crippen molar-refractivity contribution in [3.05, 3.63) is 42.0 Å². The van der Waals surface area contributed by atoms with Crippen molar-refractivity contribution in [3.63, 3.8) is 0 Å². The zero-order valence-corrected chi connectivity index (χ0v) is 7.23. The largest absolute Gasteiger partial charge is 0.872 e. The Morgan fingerprint density at radius 3 is 2.71 bits per heavy atom. The third kappa shape index (κ3) is 1.29. The molecule has 0 amide bonds. The molecule has 0 bridgehead atoms. The van der Waals surface area contributed by atoms with E-state index in [0.29, 0.717) is 10.8 Å². The summed E-state index contributed by atoms with van der Waals surface area (Å²) in [6.45, 7) is 0. The number of hydrogen-bond donors (Lipinski definition) is 1. The molecule has 0 aliphatic rings. The molecule has 2 rings (SSSR count). The first-order chi connectivity index (χ1) is 6.68. The highest BCUT2D eigenvalue weighted by atomic mass is 16.4. The first-order valence-corrected chi connectivity index (χ1v) is 4.11. The van der Waals surface area contributed by atoms with Crippen LogP contribution in [0, 0.1) is 0 Å². The minimum Gasteiger partial charge on any atom is -0.872 e. The van der Waals surface area contributed by atoms with Gasteiger partial charge in [-0.1, -0.05) is 24.3 Å². The zero-order chi connectivity index (χ0) is 10.1. The van der Waals surface area contributed by atoms with Gasteiger partial charge in [-0.2, -0.15) is 0 Å². The van der Waals surface area contributed by atoms with E-state index in [2.05, 4.69) is 0 Å². The molecule has 0 heterocycles. The van der Waals surface area contributed by atoms with Gasteiger partial charge in [0.1, 0.15) is 0 Å². The van der Waals surface area contributed by atoms with E-state index in [4.69, 9.17) is 5.11 Å². The second kappa shape index (κ2) is 3.03. The van der Waals surface area contributed by atoms with Crippen LogP contribution in [0.5, 0.6) is 5.75 Å². The minimum absolute atomic E-state index is 0.0839. The first-order valence-electron chi connectivity index (χ1n) is 4.11. The lowest BCUT2D eigenvalue weighted by Crippen LogP contribution is -1.96. The molecule has 0 saturated carbocycles. The second-order valence-electron chi connectivity index (χ2n) is 3.00. The van der Waals surface area contributed by atoms with Crippen LogP contribution >= 0.6 is 0 Å². The molecule has 0 aromatic heterocycles. The maximum Gasteiger partial charge on any atom is 0.335 e. The molecule has 70 valence electrons. The Bertz CT molecular complexity index is 503. The van der Waals surface area contributed by atoms with E-state index in [1.807, 2.05) is 0 Å². The van der Waals surface area contributed by atoms with E-state index in [1.165, 1.54) is 18.2 Å². The predicted molar refractivity (Wildman–Crippen MR) is 50.4 cm³/mol. The average molecular weight is 187 g/mol. The fraction of sp³-hybridized carbons (Fsp3) is 0. The number of rotatable bonds is 1. The lowest BCUT2D eigenvalue weighted by Gasteiger charge is -2.09. The van der Waals surface area contributed by atoms with Crippen molar-refractivity contribution >= 4 is 16.7 Å². The average Bonchev–Trinajstić information content (AvgIpc) is 2.17. The molecule has 3 heteroatoms. The van der Waals surface area contributed by atoms with Gasteiger partial charge < -0.3 is 10.2 Å². The van der Waals surface area contributed by atoms with Crippen LogP contribution in [-0.4, -0.2) is 11.1 Å². The maximum atomic E-state index is 11.3. The smallest absolute Gasteiger partial charge is 0.335 e. The van der Waals surface area contributed by atoms with Crippen LogP contribution in [0.25, 0.3) is 10.8 Å². The van der Waals surface area contributed by atoms with E-state index in [-0.39, 0.29) is 11.3 Å². The summed E-state index contributed by atoms with van der Waals surface area (Å²) in [6.07, 6.45) is 0. The van der Waals surface area contributed by atoms with Crippen molar-refractivity contribution in [2.24, 2.45) is 0 Å². The normalized spacial score (nSPS) is 10.3. The molecule has 0 saturated heterocycles. The van der Waals surface area contributed by atoms with Crippen molar-refractivity contribution in [2.45, 2.75) is 0 Å². The molecule has 2 aromatic carbocycles. The summed E-state index contributed by atoms with van der Waals surface area (Å²) in [5.41, 5.74) is 0.197. The van der Waals surface area contributed by atoms with Gasteiger partial charge in [-0.25, -0.2) is 4.79 Å². The van der Waals surface area contributed by atoms with E-state index in [0.717, 1.165) is 0 Å².